The third-order valence-corrected chi connectivity index (χ3v) is 2.54. The number of nitrogens with two attached hydrogens (primary N) is 1. The molecule has 0 spiro atoms. The number of carbonyl (C=O) groups excluding carboxylic acids is 1. The highest BCUT2D eigenvalue weighted by Gasteiger charge is 2.09. The van der Waals surface area contributed by atoms with E-state index in [0.29, 0.717) is 5.92 Å². The molecule has 13 heavy (non-hydrogen) atoms. The molecule has 2 nitrogen and oxygen atoms in total. The Morgan fingerprint density at radius 3 is 2.38 bits per heavy atom. The fraction of sp³-hybridized carbons (Fsp3) is 0.909. The third kappa shape index (κ3) is 6.76. The van der Waals surface area contributed by atoms with Crippen LogP contribution in [0.3, 0.4) is 0 Å². The number of ketones is 1. The molecule has 0 radical (unpaired) electrons. The van der Waals surface area contributed by atoms with Crippen LogP contribution >= 0.6 is 0 Å². The molecule has 0 aromatic rings. The van der Waals surface area contributed by atoms with Crippen LogP contribution < -0.4 is 5.73 Å². The van der Waals surface area contributed by atoms with Crippen LogP contribution in [0.4, 0.5) is 0 Å². The van der Waals surface area contributed by atoms with Gasteiger partial charge < -0.3 is 5.73 Å². The van der Waals surface area contributed by atoms with Crippen molar-refractivity contribution in [3.63, 3.8) is 0 Å². The average molecular weight is 185 g/mol. The van der Waals surface area contributed by atoms with Crippen LogP contribution in [0, 0.1) is 5.92 Å². The zero-order chi connectivity index (χ0) is 10.3. The molecule has 0 bridgehead atoms. The summed E-state index contributed by atoms with van der Waals surface area (Å²) in [6.07, 6.45) is 5.74. The number of rotatable bonds is 7. The normalized spacial score (nSPS) is 15.4. The molecule has 0 saturated carbocycles. The molecule has 0 aliphatic carbocycles. The molecule has 0 rings (SSSR count). The van der Waals surface area contributed by atoms with Gasteiger partial charge in [0.05, 0.1) is 6.04 Å². The molecule has 0 unspecified atom stereocenters. The second-order valence-corrected chi connectivity index (χ2v) is 4.04. The topological polar surface area (TPSA) is 43.1 Å². The van der Waals surface area contributed by atoms with Crippen LogP contribution in [0.2, 0.25) is 0 Å². The van der Waals surface area contributed by atoms with Gasteiger partial charge in [0, 0.05) is 0 Å². The van der Waals surface area contributed by atoms with E-state index in [4.69, 9.17) is 5.73 Å². The molecule has 0 aromatic heterocycles. The molecule has 0 heterocycles. The summed E-state index contributed by atoms with van der Waals surface area (Å²) in [5, 5.41) is 0. The van der Waals surface area contributed by atoms with Crippen molar-refractivity contribution in [1.82, 2.24) is 0 Å². The Hall–Kier alpha value is -0.370. The molecule has 2 N–H and O–H groups in total. The van der Waals surface area contributed by atoms with Crippen molar-refractivity contribution in [1.29, 1.82) is 0 Å². The molecule has 0 aliphatic rings. The van der Waals surface area contributed by atoms with Gasteiger partial charge in [0.25, 0.3) is 0 Å². The van der Waals surface area contributed by atoms with Gasteiger partial charge in [-0.3, -0.25) is 4.79 Å². The van der Waals surface area contributed by atoms with Gasteiger partial charge in [0.1, 0.15) is 5.78 Å². The lowest BCUT2D eigenvalue weighted by Gasteiger charge is -2.12. The Morgan fingerprint density at radius 1 is 1.31 bits per heavy atom. The fourth-order valence-corrected chi connectivity index (χ4v) is 1.36. The van der Waals surface area contributed by atoms with E-state index in [2.05, 4.69) is 13.8 Å². The number of Topliss-reactive ketones (excluding diaryl/α,β-unsaturated/α-hetero) is 1. The minimum Gasteiger partial charge on any atom is -0.322 e. The maximum Gasteiger partial charge on any atom is 0.146 e. The Balaban J connectivity index is 3.45. The Labute approximate surface area is 81.9 Å². The highest BCUT2D eigenvalue weighted by molar-refractivity contribution is 5.80. The van der Waals surface area contributed by atoms with Gasteiger partial charge in [-0.1, -0.05) is 33.1 Å². The van der Waals surface area contributed by atoms with Crippen molar-refractivity contribution < 1.29 is 4.79 Å². The first-order valence-corrected chi connectivity index (χ1v) is 5.34. The highest BCUT2D eigenvalue weighted by Crippen LogP contribution is 2.14. The van der Waals surface area contributed by atoms with Crippen molar-refractivity contribution in [2.75, 3.05) is 0 Å². The molecule has 2 atom stereocenters. The van der Waals surface area contributed by atoms with Crippen molar-refractivity contribution >= 4 is 5.78 Å². The van der Waals surface area contributed by atoms with Gasteiger partial charge in [-0.05, 0) is 25.7 Å². The summed E-state index contributed by atoms with van der Waals surface area (Å²) in [6, 6.07) is -0.232. The van der Waals surface area contributed by atoms with Crippen molar-refractivity contribution in [2.24, 2.45) is 11.7 Å². The monoisotopic (exact) mass is 185 g/mol. The predicted molar refractivity (Wildman–Crippen MR) is 56.6 cm³/mol. The van der Waals surface area contributed by atoms with E-state index in [-0.39, 0.29) is 11.8 Å². The summed E-state index contributed by atoms with van der Waals surface area (Å²) in [4.78, 5) is 10.8. The highest BCUT2D eigenvalue weighted by atomic mass is 16.1. The maximum absolute atomic E-state index is 10.8. The molecular formula is C11H23NO. The summed E-state index contributed by atoms with van der Waals surface area (Å²) in [5.41, 5.74) is 5.64. The van der Waals surface area contributed by atoms with Gasteiger partial charge in [-0.25, -0.2) is 0 Å². The Morgan fingerprint density at radius 2 is 1.92 bits per heavy atom. The minimum absolute atomic E-state index is 0.114. The summed E-state index contributed by atoms with van der Waals surface area (Å²) in [5.74, 6) is 0.827. The van der Waals surface area contributed by atoms with Crippen LogP contribution in [0.25, 0.3) is 0 Å². The Kier molecular flexibility index (Phi) is 6.87. The van der Waals surface area contributed by atoms with Crippen LogP contribution in [-0.2, 0) is 4.79 Å². The number of unbranched alkanes of at least 4 members (excludes halogenated alkanes) is 1. The van der Waals surface area contributed by atoms with Crippen molar-refractivity contribution in [3.8, 4) is 0 Å². The molecule has 0 amide bonds. The lowest BCUT2D eigenvalue weighted by atomic mass is 9.96. The first-order chi connectivity index (χ1) is 6.07. The zero-order valence-corrected chi connectivity index (χ0v) is 9.18. The van der Waals surface area contributed by atoms with Gasteiger partial charge in [0.2, 0.25) is 0 Å². The number of hydrogen-bond acceptors (Lipinski definition) is 2. The second kappa shape index (κ2) is 7.07. The second-order valence-electron chi connectivity index (χ2n) is 4.04. The molecule has 0 aliphatic heterocycles. The molecule has 0 fully saturated rings. The largest absolute Gasteiger partial charge is 0.322 e. The SMILES string of the molecule is CCCC[C@H](C)CC[C@H](N)C(C)=O. The van der Waals surface area contributed by atoms with Crippen LogP contribution in [0.1, 0.15) is 52.9 Å². The van der Waals surface area contributed by atoms with E-state index in [0.717, 1.165) is 12.8 Å². The van der Waals surface area contributed by atoms with Gasteiger partial charge in [-0.2, -0.15) is 0 Å². The zero-order valence-electron chi connectivity index (χ0n) is 9.18. The molecule has 78 valence electrons. The Bertz CT molecular complexity index is 145. The third-order valence-electron chi connectivity index (χ3n) is 2.54. The van der Waals surface area contributed by atoms with Gasteiger partial charge >= 0.3 is 0 Å². The lowest BCUT2D eigenvalue weighted by Crippen LogP contribution is -2.28. The molecule has 0 aromatic carbocycles. The van der Waals surface area contributed by atoms with E-state index in [1.54, 1.807) is 6.92 Å². The summed E-state index contributed by atoms with van der Waals surface area (Å²) in [6.45, 7) is 6.01. The van der Waals surface area contributed by atoms with Crippen molar-refractivity contribution in [3.05, 3.63) is 0 Å². The van der Waals surface area contributed by atoms with Crippen LogP contribution in [0.5, 0.6) is 0 Å². The minimum atomic E-state index is -0.232. The van der Waals surface area contributed by atoms with Gasteiger partial charge in [-0.15, -0.1) is 0 Å². The van der Waals surface area contributed by atoms with E-state index < -0.39 is 0 Å². The lowest BCUT2D eigenvalue weighted by molar-refractivity contribution is -0.118. The maximum atomic E-state index is 10.8. The standard InChI is InChI=1S/C11H23NO/c1-4-5-6-9(2)7-8-11(12)10(3)13/h9,11H,4-8,12H2,1-3H3/t9-,11-/m0/s1. The van der Waals surface area contributed by atoms with Crippen LogP contribution in [0.15, 0.2) is 0 Å². The number of carbonyl (C=O) groups is 1. The summed E-state index contributed by atoms with van der Waals surface area (Å²) >= 11 is 0. The quantitative estimate of drug-likeness (QED) is 0.662. The summed E-state index contributed by atoms with van der Waals surface area (Å²) in [7, 11) is 0. The van der Waals surface area contributed by atoms with Gasteiger partial charge in [0.15, 0.2) is 0 Å². The molecule has 0 saturated heterocycles. The average Bonchev–Trinajstić information content (AvgIpc) is 2.10. The van der Waals surface area contributed by atoms with E-state index in [1.807, 2.05) is 0 Å². The van der Waals surface area contributed by atoms with E-state index in [1.165, 1.54) is 19.3 Å². The smallest absolute Gasteiger partial charge is 0.146 e. The first kappa shape index (κ1) is 12.6. The van der Waals surface area contributed by atoms with E-state index >= 15 is 0 Å². The van der Waals surface area contributed by atoms with Crippen molar-refractivity contribution in [2.45, 2.75) is 58.9 Å². The van der Waals surface area contributed by atoms with Crippen LogP contribution in [-0.4, -0.2) is 11.8 Å². The predicted octanol–water partition coefficient (Wildman–Crippen LogP) is 2.51. The molecule has 2 heteroatoms. The fourth-order valence-electron chi connectivity index (χ4n) is 1.36. The summed E-state index contributed by atoms with van der Waals surface area (Å²) < 4.78 is 0. The van der Waals surface area contributed by atoms with E-state index in [9.17, 15) is 4.79 Å². The molecular weight excluding hydrogens is 162 g/mol. The first-order valence-electron chi connectivity index (χ1n) is 5.34. The number of hydrogen-bond donors (Lipinski definition) is 1.